The Morgan fingerprint density at radius 3 is 1.24 bits per heavy atom. The SMILES string of the molecule is O=C(O)CCCCCCCC(=O)O.O=C(O)c1cccc(C(=O)O)c1.OCCO. The number of carbonyl (C=O) groups is 4. The van der Waals surface area contributed by atoms with Crippen LogP contribution >= 0.6 is 0 Å². The molecule has 6 N–H and O–H groups in total. The number of aliphatic hydroxyl groups excluding tert-OH is 2. The van der Waals surface area contributed by atoms with Crippen LogP contribution in [0.1, 0.15) is 65.7 Å². The summed E-state index contributed by atoms with van der Waals surface area (Å²) in [5.74, 6) is -3.77. The molecule has 0 aliphatic heterocycles. The number of rotatable bonds is 11. The molecule has 1 aromatic carbocycles. The smallest absolute Gasteiger partial charge is 0.335 e. The Labute approximate surface area is 168 Å². The minimum atomic E-state index is -1.13. The Hall–Kier alpha value is -2.98. The van der Waals surface area contributed by atoms with Gasteiger partial charge in [-0.05, 0) is 31.0 Å². The predicted octanol–water partition coefficient (Wildman–Crippen LogP) is 1.94. The van der Waals surface area contributed by atoms with Crippen molar-refractivity contribution >= 4 is 23.9 Å². The molecule has 0 bridgehead atoms. The van der Waals surface area contributed by atoms with E-state index >= 15 is 0 Å². The molecule has 0 aromatic heterocycles. The number of hydrogen-bond acceptors (Lipinski definition) is 6. The Kier molecular flexibility index (Phi) is 17.9. The molecule has 0 saturated carbocycles. The van der Waals surface area contributed by atoms with E-state index in [2.05, 4.69) is 0 Å². The molecule has 0 saturated heterocycles. The molecule has 10 nitrogen and oxygen atoms in total. The highest BCUT2D eigenvalue weighted by atomic mass is 16.4. The van der Waals surface area contributed by atoms with Crippen molar-refractivity contribution in [3.8, 4) is 0 Å². The Balaban J connectivity index is 0. The lowest BCUT2D eigenvalue weighted by atomic mass is 10.1. The largest absolute Gasteiger partial charge is 0.481 e. The molecule has 0 unspecified atom stereocenters. The maximum absolute atomic E-state index is 10.4. The summed E-state index contributed by atoms with van der Waals surface area (Å²) in [4.78, 5) is 41.0. The van der Waals surface area contributed by atoms with Gasteiger partial charge in [0.05, 0.1) is 24.3 Å². The number of aliphatic hydroxyl groups is 2. The lowest BCUT2D eigenvalue weighted by Crippen LogP contribution is -2.01. The summed E-state index contributed by atoms with van der Waals surface area (Å²) in [7, 11) is 0. The second-order valence-electron chi connectivity index (χ2n) is 5.69. The minimum Gasteiger partial charge on any atom is -0.481 e. The predicted molar refractivity (Wildman–Crippen MR) is 102 cm³/mol. The molecule has 10 heteroatoms. The number of aliphatic carboxylic acids is 2. The van der Waals surface area contributed by atoms with Crippen molar-refractivity contribution in [1.82, 2.24) is 0 Å². The minimum absolute atomic E-state index is 0.0186. The van der Waals surface area contributed by atoms with Gasteiger partial charge < -0.3 is 30.6 Å². The highest BCUT2D eigenvalue weighted by molar-refractivity contribution is 5.93. The van der Waals surface area contributed by atoms with Gasteiger partial charge in [0, 0.05) is 12.8 Å². The van der Waals surface area contributed by atoms with Gasteiger partial charge in [0.15, 0.2) is 0 Å². The maximum Gasteiger partial charge on any atom is 0.335 e. The summed E-state index contributed by atoms with van der Waals surface area (Å²) < 4.78 is 0. The normalized spacial score (nSPS) is 9.31. The van der Waals surface area contributed by atoms with Crippen LogP contribution in [0.3, 0.4) is 0 Å². The van der Waals surface area contributed by atoms with Gasteiger partial charge in [0.1, 0.15) is 0 Å². The molecular weight excluding hydrogens is 388 g/mol. The van der Waals surface area contributed by atoms with Gasteiger partial charge in [-0.3, -0.25) is 9.59 Å². The van der Waals surface area contributed by atoms with Crippen molar-refractivity contribution in [2.24, 2.45) is 0 Å². The number of hydrogen-bond donors (Lipinski definition) is 6. The molecule has 0 radical (unpaired) electrons. The molecular formula is C19H28O10. The van der Waals surface area contributed by atoms with E-state index < -0.39 is 23.9 Å². The third kappa shape index (κ3) is 19.6. The highest BCUT2D eigenvalue weighted by Crippen LogP contribution is 2.07. The van der Waals surface area contributed by atoms with Crippen LogP contribution in [0.15, 0.2) is 24.3 Å². The van der Waals surface area contributed by atoms with Gasteiger partial charge in [0.2, 0.25) is 0 Å². The molecule has 0 heterocycles. The van der Waals surface area contributed by atoms with E-state index in [4.69, 9.17) is 30.6 Å². The molecule has 1 aromatic rings. The fourth-order valence-electron chi connectivity index (χ4n) is 1.87. The van der Waals surface area contributed by atoms with E-state index in [0.717, 1.165) is 25.3 Å². The number of carboxylic acid groups (broad SMARTS) is 4. The summed E-state index contributed by atoms with van der Waals surface area (Å²) in [6, 6.07) is 5.20. The standard InChI is InChI=1S/C9H16O4.C8H6O4.C2H6O2/c10-8(11)6-4-2-1-3-5-7-9(12)13;9-7(10)5-2-1-3-6(4-5)8(11)12;3-1-2-4/h1-7H2,(H,10,11)(H,12,13);1-4H,(H,9,10)(H,11,12);3-4H,1-2H2. The van der Waals surface area contributed by atoms with Crippen molar-refractivity contribution in [2.45, 2.75) is 44.9 Å². The summed E-state index contributed by atoms with van der Waals surface area (Å²) >= 11 is 0. The van der Waals surface area contributed by atoms with Crippen LogP contribution in [0, 0.1) is 0 Å². The fraction of sp³-hybridized carbons (Fsp3) is 0.474. The zero-order valence-electron chi connectivity index (χ0n) is 16.0. The van der Waals surface area contributed by atoms with Crippen LogP contribution in [0.5, 0.6) is 0 Å². The second kappa shape index (κ2) is 18.4. The topological polar surface area (TPSA) is 190 Å². The van der Waals surface area contributed by atoms with E-state index in [1.165, 1.54) is 18.2 Å². The van der Waals surface area contributed by atoms with Gasteiger partial charge >= 0.3 is 23.9 Å². The molecule has 0 aliphatic carbocycles. The second-order valence-corrected chi connectivity index (χ2v) is 5.69. The Morgan fingerprint density at radius 1 is 0.621 bits per heavy atom. The Bertz CT molecular complexity index is 578. The number of unbranched alkanes of at least 4 members (excludes halogenated alkanes) is 4. The quantitative estimate of drug-likeness (QED) is 0.291. The van der Waals surface area contributed by atoms with E-state index in [0.29, 0.717) is 12.8 Å². The van der Waals surface area contributed by atoms with E-state index in [9.17, 15) is 19.2 Å². The van der Waals surface area contributed by atoms with E-state index in [1.54, 1.807) is 0 Å². The number of aromatic carboxylic acids is 2. The maximum atomic E-state index is 10.4. The first-order chi connectivity index (χ1) is 13.6. The average Bonchev–Trinajstić information content (AvgIpc) is 2.67. The highest BCUT2D eigenvalue weighted by Gasteiger charge is 2.06. The van der Waals surface area contributed by atoms with E-state index in [-0.39, 0.29) is 37.2 Å². The lowest BCUT2D eigenvalue weighted by Gasteiger charge is -1.97. The van der Waals surface area contributed by atoms with Gasteiger partial charge in [0.25, 0.3) is 0 Å². The average molecular weight is 416 g/mol. The molecule has 1 rings (SSSR count). The molecule has 0 atom stereocenters. The fourth-order valence-corrected chi connectivity index (χ4v) is 1.87. The van der Waals surface area contributed by atoms with Crippen LogP contribution < -0.4 is 0 Å². The monoisotopic (exact) mass is 416 g/mol. The van der Waals surface area contributed by atoms with Crippen molar-refractivity contribution < 1.29 is 49.8 Å². The van der Waals surface area contributed by atoms with Crippen molar-refractivity contribution in [3.05, 3.63) is 35.4 Å². The van der Waals surface area contributed by atoms with Crippen molar-refractivity contribution in [2.75, 3.05) is 13.2 Å². The molecule has 29 heavy (non-hydrogen) atoms. The molecule has 0 fully saturated rings. The van der Waals surface area contributed by atoms with Gasteiger partial charge in [-0.15, -0.1) is 0 Å². The van der Waals surface area contributed by atoms with Crippen molar-refractivity contribution in [1.29, 1.82) is 0 Å². The van der Waals surface area contributed by atoms with Gasteiger partial charge in [-0.1, -0.05) is 25.3 Å². The number of carboxylic acids is 4. The third-order valence-corrected chi connectivity index (χ3v) is 3.24. The Morgan fingerprint density at radius 2 is 0.966 bits per heavy atom. The molecule has 0 aliphatic rings. The van der Waals surface area contributed by atoms with E-state index in [1.807, 2.05) is 0 Å². The van der Waals surface area contributed by atoms with Crippen LogP contribution in [0.2, 0.25) is 0 Å². The van der Waals surface area contributed by atoms with Crippen molar-refractivity contribution in [3.63, 3.8) is 0 Å². The summed E-state index contributed by atoms with van der Waals surface area (Å²) in [6.07, 6.45) is 4.53. The van der Waals surface area contributed by atoms with Gasteiger partial charge in [-0.25, -0.2) is 9.59 Å². The van der Waals surface area contributed by atoms with Crippen LogP contribution in [-0.4, -0.2) is 67.7 Å². The first-order valence-electron chi connectivity index (χ1n) is 8.87. The van der Waals surface area contributed by atoms with Crippen LogP contribution in [-0.2, 0) is 9.59 Å². The summed E-state index contributed by atoms with van der Waals surface area (Å²) in [6.45, 7) is -0.250. The first-order valence-corrected chi connectivity index (χ1v) is 8.87. The first kappa shape index (κ1) is 28.2. The molecule has 0 spiro atoms. The zero-order valence-corrected chi connectivity index (χ0v) is 16.0. The summed E-state index contributed by atoms with van der Waals surface area (Å²) in [5, 5.41) is 48.9. The molecule has 164 valence electrons. The van der Waals surface area contributed by atoms with Crippen LogP contribution in [0.25, 0.3) is 0 Å². The third-order valence-electron chi connectivity index (χ3n) is 3.24. The molecule has 0 amide bonds. The van der Waals surface area contributed by atoms with Crippen LogP contribution in [0.4, 0.5) is 0 Å². The van der Waals surface area contributed by atoms with Gasteiger partial charge in [-0.2, -0.15) is 0 Å². The lowest BCUT2D eigenvalue weighted by molar-refractivity contribution is -0.138. The number of benzene rings is 1. The zero-order chi connectivity index (χ0) is 22.7. The summed E-state index contributed by atoms with van der Waals surface area (Å²) in [5.41, 5.74) is -0.0372.